The lowest BCUT2D eigenvalue weighted by Gasteiger charge is -2.24. The third kappa shape index (κ3) is 6.60. The van der Waals surface area contributed by atoms with Crippen LogP contribution >= 0.6 is 0 Å². The highest BCUT2D eigenvalue weighted by Gasteiger charge is 2.28. The molecule has 0 saturated carbocycles. The third-order valence-corrected chi connectivity index (χ3v) is 6.14. The molecule has 0 atom stereocenters. The van der Waals surface area contributed by atoms with Gasteiger partial charge in [0.2, 0.25) is 0 Å². The van der Waals surface area contributed by atoms with Crippen molar-refractivity contribution in [1.82, 2.24) is 0 Å². The zero-order valence-electron chi connectivity index (χ0n) is 20.6. The van der Waals surface area contributed by atoms with Crippen LogP contribution in [0.25, 0.3) is 11.1 Å². The number of aromatic hydroxyl groups is 1. The van der Waals surface area contributed by atoms with Gasteiger partial charge in [0.1, 0.15) is 11.3 Å². The van der Waals surface area contributed by atoms with Crippen molar-refractivity contribution in [1.29, 1.82) is 0 Å². The van der Waals surface area contributed by atoms with Crippen molar-refractivity contribution in [2.45, 2.75) is 98.3 Å². The summed E-state index contributed by atoms with van der Waals surface area (Å²) in [5, 5.41) is 11.6. The van der Waals surface area contributed by atoms with E-state index in [2.05, 4.69) is 27.7 Å². The van der Waals surface area contributed by atoms with Crippen LogP contribution in [-0.4, -0.2) is 17.7 Å². The first kappa shape index (κ1) is 26.0. The number of hydrogen-bond donors (Lipinski definition) is 1. The van der Waals surface area contributed by atoms with Gasteiger partial charge in [0.15, 0.2) is 0 Å². The molecule has 2 aromatic carbocycles. The van der Waals surface area contributed by atoms with E-state index in [4.69, 9.17) is 4.74 Å². The highest BCUT2D eigenvalue weighted by Crippen LogP contribution is 2.42. The predicted molar refractivity (Wildman–Crippen MR) is 135 cm³/mol. The molecular weight excluding hydrogens is 396 g/mol. The molecule has 0 aromatic heterocycles. The molecule has 1 N–H and O–H groups in total. The Kier molecular flexibility index (Phi) is 11.3. The molecule has 0 unspecified atom stereocenters. The normalized spacial score (nSPS) is 11.0. The number of carbonyl (C=O) groups is 1. The number of phenols is 1. The molecule has 176 valence electrons. The monoisotopic (exact) mass is 438 g/mol. The Morgan fingerprint density at radius 2 is 1.28 bits per heavy atom. The van der Waals surface area contributed by atoms with Gasteiger partial charge in [0.05, 0.1) is 6.61 Å². The summed E-state index contributed by atoms with van der Waals surface area (Å²) >= 11 is 0. The van der Waals surface area contributed by atoms with Crippen LogP contribution in [0.3, 0.4) is 0 Å². The summed E-state index contributed by atoms with van der Waals surface area (Å²) in [5.41, 5.74) is 5.71. The molecule has 0 saturated heterocycles. The molecule has 3 nitrogen and oxygen atoms in total. The fourth-order valence-electron chi connectivity index (χ4n) is 4.33. The molecule has 2 rings (SSSR count). The topological polar surface area (TPSA) is 46.5 Å². The van der Waals surface area contributed by atoms with E-state index in [0.29, 0.717) is 12.2 Å². The molecule has 32 heavy (non-hydrogen) atoms. The van der Waals surface area contributed by atoms with Crippen molar-refractivity contribution in [2.75, 3.05) is 6.61 Å². The van der Waals surface area contributed by atoms with Gasteiger partial charge in [0, 0.05) is 5.56 Å². The van der Waals surface area contributed by atoms with Crippen molar-refractivity contribution in [3.63, 3.8) is 0 Å². The minimum atomic E-state index is -0.376. The van der Waals surface area contributed by atoms with Gasteiger partial charge in [-0.15, -0.1) is 0 Å². The number of carbonyl (C=O) groups excluding carboxylic acids is 1. The van der Waals surface area contributed by atoms with Crippen molar-refractivity contribution in [3.05, 3.63) is 52.6 Å². The zero-order chi connectivity index (χ0) is 23.3. The van der Waals surface area contributed by atoms with Gasteiger partial charge in [-0.05, 0) is 67.2 Å². The molecular formula is C29H42O3. The first-order chi connectivity index (χ1) is 15.6. The fourth-order valence-corrected chi connectivity index (χ4v) is 4.33. The SMILES string of the molecule is CCCCOC(=O)c1c(O)c(-c2ccccc2)c(CCCC)c(CCCC)c1CCCC. The van der Waals surface area contributed by atoms with Crippen molar-refractivity contribution < 1.29 is 14.6 Å². The molecule has 0 aliphatic heterocycles. The largest absolute Gasteiger partial charge is 0.506 e. The molecule has 0 fully saturated rings. The van der Waals surface area contributed by atoms with Gasteiger partial charge < -0.3 is 9.84 Å². The van der Waals surface area contributed by atoms with Gasteiger partial charge in [-0.1, -0.05) is 83.7 Å². The summed E-state index contributed by atoms with van der Waals surface area (Å²) in [7, 11) is 0. The number of esters is 1. The minimum absolute atomic E-state index is 0.107. The van der Waals surface area contributed by atoms with Crippen molar-refractivity contribution in [3.8, 4) is 16.9 Å². The average molecular weight is 439 g/mol. The van der Waals surface area contributed by atoms with Gasteiger partial charge in [0.25, 0.3) is 0 Å². The smallest absolute Gasteiger partial charge is 0.342 e. The number of ether oxygens (including phenoxy) is 1. The molecule has 0 amide bonds. The van der Waals surface area contributed by atoms with Gasteiger partial charge >= 0.3 is 5.97 Å². The van der Waals surface area contributed by atoms with Crippen LogP contribution in [-0.2, 0) is 24.0 Å². The summed E-state index contributed by atoms with van der Waals surface area (Å²) < 4.78 is 5.64. The second-order valence-electron chi connectivity index (χ2n) is 8.70. The van der Waals surface area contributed by atoms with Crippen molar-refractivity contribution in [2.24, 2.45) is 0 Å². The van der Waals surface area contributed by atoms with Crippen LogP contribution in [0.5, 0.6) is 5.75 Å². The highest BCUT2D eigenvalue weighted by molar-refractivity contribution is 5.98. The molecule has 3 heteroatoms. The first-order valence-corrected chi connectivity index (χ1v) is 12.7. The second-order valence-corrected chi connectivity index (χ2v) is 8.70. The summed E-state index contributed by atoms with van der Waals surface area (Å²) in [6.45, 7) is 9.05. The Balaban J connectivity index is 2.80. The Labute approximate surface area is 195 Å². The number of hydrogen-bond acceptors (Lipinski definition) is 3. The van der Waals surface area contributed by atoms with E-state index in [-0.39, 0.29) is 11.7 Å². The van der Waals surface area contributed by atoms with E-state index in [1.54, 1.807) is 0 Å². The fraction of sp³-hybridized carbons (Fsp3) is 0.552. The zero-order valence-corrected chi connectivity index (χ0v) is 20.6. The summed E-state index contributed by atoms with van der Waals surface area (Å²) in [4.78, 5) is 13.3. The summed E-state index contributed by atoms with van der Waals surface area (Å²) in [6, 6.07) is 10.0. The van der Waals surface area contributed by atoms with Crippen LogP contribution < -0.4 is 0 Å². The van der Waals surface area contributed by atoms with E-state index in [1.165, 1.54) is 11.1 Å². The number of rotatable bonds is 14. The lowest BCUT2D eigenvalue weighted by atomic mass is 9.81. The maximum absolute atomic E-state index is 13.3. The Hall–Kier alpha value is -2.29. The average Bonchev–Trinajstić information content (AvgIpc) is 2.81. The van der Waals surface area contributed by atoms with E-state index in [1.807, 2.05) is 30.3 Å². The lowest BCUT2D eigenvalue weighted by Crippen LogP contribution is -2.15. The second kappa shape index (κ2) is 14.0. The van der Waals surface area contributed by atoms with Crippen LogP contribution in [0.2, 0.25) is 0 Å². The molecule has 0 aliphatic carbocycles. The lowest BCUT2D eigenvalue weighted by molar-refractivity contribution is 0.0495. The highest BCUT2D eigenvalue weighted by atomic mass is 16.5. The van der Waals surface area contributed by atoms with E-state index in [0.717, 1.165) is 87.3 Å². The number of phenolic OH excluding ortho intramolecular Hbond substituents is 1. The third-order valence-electron chi connectivity index (χ3n) is 6.14. The standard InChI is InChI=1S/C29H42O3/c1-5-9-18-23-24(19-10-6-2)26(22-16-14-13-15-17-22)28(30)27(25(23)20-11-7-3)29(31)32-21-12-8-4/h13-17,30H,5-12,18-21H2,1-4H3. The number of benzene rings is 2. The predicted octanol–water partition coefficient (Wildman–Crippen LogP) is 8.04. The summed E-state index contributed by atoms with van der Waals surface area (Å²) in [5.74, 6) is -0.269. The number of unbranched alkanes of at least 4 members (excludes halogenated alkanes) is 4. The summed E-state index contributed by atoms with van der Waals surface area (Å²) in [6.07, 6.45) is 10.8. The van der Waals surface area contributed by atoms with Crippen LogP contribution in [0.15, 0.2) is 30.3 Å². The van der Waals surface area contributed by atoms with Gasteiger partial charge in [-0.2, -0.15) is 0 Å². The Bertz CT molecular complexity index is 839. The minimum Gasteiger partial charge on any atom is -0.506 e. The van der Waals surface area contributed by atoms with Crippen molar-refractivity contribution >= 4 is 5.97 Å². The molecule has 0 spiro atoms. The molecule has 0 aliphatic rings. The van der Waals surface area contributed by atoms with Crippen LogP contribution in [0, 0.1) is 0 Å². The van der Waals surface area contributed by atoms with Gasteiger partial charge in [-0.3, -0.25) is 0 Å². The van der Waals surface area contributed by atoms with E-state index < -0.39 is 0 Å². The van der Waals surface area contributed by atoms with Crippen LogP contribution in [0.1, 0.15) is 106 Å². The molecule has 0 heterocycles. The van der Waals surface area contributed by atoms with Gasteiger partial charge in [-0.25, -0.2) is 4.79 Å². The first-order valence-electron chi connectivity index (χ1n) is 12.7. The quantitative estimate of drug-likeness (QED) is 0.240. The molecule has 0 radical (unpaired) electrons. The van der Waals surface area contributed by atoms with E-state index in [9.17, 15) is 9.90 Å². The van der Waals surface area contributed by atoms with E-state index >= 15 is 0 Å². The Morgan fingerprint density at radius 3 is 1.84 bits per heavy atom. The molecule has 0 bridgehead atoms. The Morgan fingerprint density at radius 1 is 0.750 bits per heavy atom. The maximum Gasteiger partial charge on any atom is 0.342 e. The molecule has 2 aromatic rings. The van der Waals surface area contributed by atoms with Crippen LogP contribution in [0.4, 0.5) is 0 Å². The maximum atomic E-state index is 13.3.